The molecule has 2 aromatic rings. The van der Waals surface area contributed by atoms with Crippen molar-refractivity contribution in [1.29, 1.82) is 0 Å². The fourth-order valence-electron chi connectivity index (χ4n) is 2.82. The zero-order valence-corrected chi connectivity index (χ0v) is 13.9. The fourth-order valence-corrected chi connectivity index (χ4v) is 3.08. The number of pyridine rings is 1. The molecule has 3 rings (SSSR count). The predicted octanol–water partition coefficient (Wildman–Crippen LogP) is 4.51. The Morgan fingerprint density at radius 2 is 2.08 bits per heavy atom. The Bertz CT molecular complexity index is 875. The largest absolute Gasteiger partial charge is 0.481 e. The van der Waals surface area contributed by atoms with Gasteiger partial charge in [0.05, 0.1) is 17.7 Å². The third-order valence-electron chi connectivity index (χ3n) is 3.98. The van der Waals surface area contributed by atoms with E-state index in [0.717, 1.165) is 16.7 Å². The van der Waals surface area contributed by atoms with Crippen molar-refractivity contribution in [2.75, 3.05) is 7.11 Å². The number of aromatic nitrogens is 1. The topological polar surface area (TPSA) is 39.2 Å². The molecule has 0 aliphatic heterocycles. The Kier molecular flexibility index (Phi) is 4.56. The molecule has 0 N–H and O–H groups in total. The van der Waals surface area contributed by atoms with E-state index in [-0.39, 0.29) is 0 Å². The summed E-state index contributed by atoms with van der Waals surface area (Å²) in [5.41, 5.74) is 3.57. The maximum absolute atomic E-state index is 12.4. The van der Waals surface area contributed by atoms with Crippen LogP contribution in [0.25, 0.3) is 11.6 Å². The number of rotatable bonds is 4. The highest BCUT2D eigenvalue weighted by Gasteiger charge is 2.37. The minimum absolute atomic E-state index is 0.333. The van der Waals surface area contributed by atoms with E-state index in [9.17, 15) is 18.0 Å². The summed E-state index contributed by atoms with van der Waals surface area (Å²) in [5.74, 6) is -1.37. The van der Waals surface area contributed by atoms with E-state index in [1.165, 1.54) is 19.4 Å². The number of halogens is 4. The van der Waals surface area contributed by atoms with Gasteiger partial charge in [0.2, 0.25) is 11.7 Å². The van der Waals surface area contributed by atoms with Crippen LogP contribution in [0.15, 0.2) is 30.5 Å². The molecule has 1 heterocycles. The second-order valence-corrected chi connectivity index (χ2v) is 6.06. The first kappa shape index (κ1) is 17.5. The summed E-state index contributed by atoms with van der Waals surface area (Å²) >= 11 is 6.25. The van der Waals surface area contributed by atoms with Crippen molar-refractivity contribution < 1.29 is 22.7 Å². The number of hydrogen-bond donors (Lipinski definition) is 0. The minimum Gasteiger partial charge on any atom is -0.481 e. The molecule has 25 heavy (non-hydrogen) atoms. The zero-order chi connectivity index (χ0) is 18.2. The second-order valence-electron chi connectivity index (χ2n) is 5.65. The van der Waals surface area contributed by atoms with Gasteiger partial charge in [0.15, 0.2) is 0 Å². The standard InChI is InChI=1S/C18H13ClF3NO2/c1-25-17-16(14(19)4-5-23-17)13-8-11-3-2-10(6-12(11)9-13)7-15(24)18(20,21)22/h2-6,8H,7,9H2,1H3. The first-order valence-electron chi connectivity index (χ1n) is 7.41. The molecule has 0 atom stereocenters. The maximum atomic E-state index is 12.4. The number of ketones is 1. The Labute approximate surface area is 147 Å². The van der Waals surface area contributed by atoms with Crippen LogP contribution in [-0.2, 0) is 17.6 Å². The van der Waals surface area contributed by atoms with Crippen LogP contribution in [0.4, 0.5) is 13.2 Å². The molecule has 3 nitrogen and oxygen atoms in total. The number of fused-ring (bicyclic) bond motifs is 1. The Morgan fingerprint density at radius 3 is 2.76 bits per heavy atom. The highest BCUT2D eigenvalue weighted by Crippen LogP contribution is 2.39. The van der Waals surface area contributed by atoms with Gasteiger partial charge in [-0.1, -0.05) is 35.9 Å². The van der Waals surface area contributed by atoms with Gasteiger partial charge < -0.3 is 4.74 Å². The minimum atomic E-state index is -4.82. The van der Waals surface area contributed by atoms with E-state index in [0.29, 0.717) is 28.5 Å². The van der Waals surface area contributed by atoms with Gasteiger partial charge in [-0.25, -0.2) is 4.98 Å². The number of carbonyl (C=O) groups excluding carboxylic acids is 1. The lowest BCUT2D eigenvalue weighted by Gasteiger charge is -2.10. The van der Waals surface area contributed by atoms with Gasteiger partial charge in [-0.2, -0.15) is 13.2 Å². The van der Waals surface area contributed by atoms with Crippen molar-refractivity contribution in [1.82, 2.24) is 4.98 Å². The van der Waals surface area contributed by atoms with Crippen LogP contribution < -0.4 is 4.74 Å². The molecule has 7 heteroatoms. The van der Waals surface area contributed by atoms with Gasteiger partial charge in [0, 0.05) is 12.6 Å². The molecule has 0 amide bonds. The lowest BCUT2D eigenvalue weighted by Crippen LogP contribution is -2.24. The van der Waals surface area contributed by atoms with Gasteiger partial charge in [0.25, 0.3) is 0 Å². The first-order chi connectivity index (χ1) is 11.8. The molecule has 1 aliphatic rings. The number of carbonyl (C=O) groups is 1. The average Bonchev–Trinajstić information content (AvgIpc) is 2.96. The van der Waals surface area contributed by atoms with Crippen molar-refractivity contribution in [3.05, 3.63) is 57.7 Å². The van der Waals surface area contributed by atoms with Crippen LogP contribution in [-0.4, -0.2) is 24.1 Å². The van der Waals surface area contributed by atoms with Gasteiger partial charge >= 0.3 is 6.18 Å². The molecule has 0 radical (unpaired) electrons. The molecule has 1 aromatic carbocycles. The zero-order valence-electron chi connectivity index (χ0n) is 13.2. The molecule has 130 valence electrons. The molecule has 0 fully saturated rings. The van der Waals surface area contributed by atoms with E-state index < -0.39 is 18.4 Å². The molecule has 0 saturated heterocycles. The molecule has 0 spiro atoms. The van der Waals surface area contributed by atoms with E-state index in [1.807, 2.05) is 6.08 Å². The van der Waals surface area contributed by atoms with Gasteiger partial charge in [-0.3, -0.25) is 4.79 Å². The van der Waals surface area contributed by atoms with E-state index in [1.54, 1.807) is 18.2 Å². The maximum Gasteiger partial charge on any atom is 0.450 e. The number of hydrogen-bond acceptors (Lipinski definition) is 3. The number of ether oxygens (including phenoxy) is 1. The van der Waals surface area contributed by atoms with E-state index >= 15 is 0 Å². The lowest BCUT2D eigenvalue weighted by molar-refractivity contribution is -0.170. The SMILES string of the molecule is COc1nccc(Cl)c1C1=Cc2ccc(CC(=O)C(F)(F)F)cc2C1. The normalized spacial score (nSPS) is 13.4. The van der Waals surface area contributed by atoms with Gasteiger partial charge in [0.1, 0.15) is 0 Å². The first-order valence-corrected chi connectivity index (χ1v) is 7.78. The fraction of sp³-hybridized carbons (Fsp3) is 0.222. The third kappa shape index (κ3) is 3.54. The second kappa shape index (κ2) is 6.52. The summed E-state index contributed by atoms with van der Waals surface area (Å²) in [6.07, 6.45) is -1.57. The van der Waals surface area contributed by atoms with Crippen LogP contribution in [0.3, 0.4) is 0 Å². The quantitative estimate of drug-likeness (QED) is 0.798. The van der Waals surface area contributed by atoms with Crippen LogP contribution in [0.2, 0.25) is 5.02 Å². The molecule has 0 saturated carbocycles. The summed E-state index contributed by atoms with van der Waals surface area (Å²) < 4.78 is 42.5. The molecule has 0 unspecified atom stereocenters. The Morgan fingerprint density at radius 1 is 1.32 bits per heavy atom. The lowest BCUT2D eigenvalue weighted by atomic mass is 10.0. The van der Waals surface area contributed by atoms with Crippen molar-refractivity contribution in [2.45, 2.75) is 19.0 Å². The Hall–Kier alpha value is -2.34. The molecule has 1 aliphatic carbocycles. The third-order valence-corrected chi connectivity index (χ3v) is 4.29. The monoisotopic (exact) mass is 367 g/mol. The summed E-state index contributed by atoms with van der Waals surface area (Å²) in [5, 5.41) is 0.485. The highest BCUT2D eigenvalue weighted by atomic mass is 35.5. The number of nitrogens with zero attached hydrogens (tertiary/aromatic N) is 1. The summed E-state index contributed by atoms with van der Waals surface area (Å²) in [6, 6.07) is 6.51. The van der Waals surface area contributed by atoms with Gasteiger partial charge in [-0.05, 0) is 34.8 Å². The summed E-state index contributed by atoms with van der Waals surface area (Å²) in [6.45, 7) is 0. The van der Waals surface area contributed by atoms with E-state index in [4.69, 9.17) is 16.3 Å². The number of Topliss-reactive ketones (excluding diaryl/α,β-unsaturated/α-hetero) is 1. The number of allylic oxidation sites excluding steroid dienone is 1. The van der Waals surface area contributed by atoms with Crippen molar-refractivity contribution >= 4 is 29.0 Å². The van der Waals surface area contributed by atoms with Crippen molar-refractivity contribution in [3.63, 3.8) is 0 Å². The van der Waals surface area contributed by atoms with Crippen LogP contribution in [0.1, 0.15) is 22.3 Å². The van der Waals surface area contributed by atoms with Crippen LogP contribution in [0.5, 0.6) is 5.88 Å². The van der Waals surface area contributed by atoms with Crippen LogP contribution >= 0.6 is 11.6 Å². The number of methoxy groups -OCH3 is 1. The molecular weight excluding hydrogens is 355 g/mol. The molecule has 0 bridgehead atoms. The predicted molar refractivity (Wildman–Crippen MR) is 88.6 cm³/mol. The number of alkyl halides is 3. The summed E-state index contributed by atoms with van der Waals surface area (Å²) in [4.78, 5) is 15.3. The Balaban J connectivity index is 1.87. The van der Waals surface area contributed by atoms with Crippen LogP contribution in [0, 0.1) is 0 Å². The number of benzene rings is 1. The van der Waals surface area contributed by atoms with Crippen molar-refractivity contribution in [3.8, 4) is 5.88 Å². The molecular formula is C18H13ClF3NO2. The average molecular weight is 368 g/mol. The van der Waals surface area contributed by atoms with Gasteiger partial charge in [-0.15, -0.1) is 0 Å². The molecule has 1 aromatic heterocycles. The highest BCUT2D eigenvalue weighted by molar-refractivity contribution is 6.32. The smallest absolute Gasteiger partial charge is 0.450 e. The summed E-state index contributed by atoms with van der Waals surface area (Å²) in [7, 11) is 1.49. The van der Waals surface area contributed by atoms with E-state index in [2.05, 4.69) is 4.98 Å². The van der Waals surface area contributed by atoms with Crippen molar-refractivity contribution in [2.24, 2.45) is 0 Å².